The molecule has 4 aliphatic rings. The summed E-state index contributed by atoms with van der Waals surface area (Å²) in [5, 5.41) is 16.1. The van der Waals surface area contributed by atoms with E-state index in [-0.39, 0.29) is 0 Å². The van der Waals surface area contributed by atoms with Crippen molar-refractivity contribution in [2.75, 3.05) is 71.7 Å². The molecule has 0 fully saturated rings. The Hall–Kier alpha value is -4.25. The molecule has 0 aromatic carbocycles. The van der Waals surface area contributed by atoms with Crippen LogP contribution >= 0.6 is 11.8 Å². The van der Waals surface area contributed by atoms with Crippen LogP contribution in [0.15, 0.2) is 78.3 Å². The zero-order valence-corrected chi connectivity index (χ0v) is 23.2. The predicted molar refractivity (Wildman–Crippen MR) is 164 cm³/mol. The van der Waals surface area contributed by atoms with Crippen LogP contribution in [0.3, 0.4) is 0 Å². The summed E-state index contributed by atoms with van der Waals surface area (Å²) < 4.78 is 5.30. The van der Waals surface area contributed by atoms with Crippen LogP contribution in [-0.2, 0) is 6.42 Å². The number of anilines is 5. The molecule has 0 bridgehead atoms. The Bertz CT molecular complexity index is 1050. The number of fused-ring (bicyclic) bond motifs is 4. The van der Waals surface area contributed by atoms with E-state index in [1.165, 1.54) is 29.0 Å². The van der Waals surface area contributed by atoms with Crippen LogP contribution in [0.2, 0.25) is 0 Å². The Morgan fingerprint density at radius 2 is 1.40 bits per heavy atom. The van der Waals surface area contributed by atoms with Crippen LogP contribution in [0.4, 0.5) is 28.8 Å². The van der Waals surface area contributed by atoms with E-state index in [0.29, 0.717) is 0 Å². The molecule has 4 aromatic rings. The SMILES string of the molecule is c1cc2c(cn1)CCCN2.c1cnc2c(c1)NCCN2.c1cnc2c(c1)OCCN2.c1cnc2c(c1)SCCN2. The first kappa shape index (κ1) is 27.3. The van der Waals surface area contributed by atoms with E-state index in [9.17, 15) is 0 Å². The molecule has 0 spiro atoms. The molecule has 5 N–H and O–H groups in total. The third-order valence-electron chi connectivity index (χ3n) is 6.23. The maximum absolute atomic E-state index is 5.30. The van der Waals surface area contributed by atoms with Crippen LogP contribution in [0.1, 0.15) is 12.0 Å². The summed E-state index contributed by atoms with van der Waals surface area (Å²) in [6.45, 7) is 5.68. The van der Waals surface area contributed by atoms with Gasteiger partial charge in [0.1, 0.15) is 18.2 Å². The van der Waals surface area contributed by atoms with Gasteiger partial charge in [-0.2, -0.15) is 0 Å². The standard InChI is InChI=1S/C8H10N2.C7H9N3.C7H8N2O.C7H8N2S/c1-2-7-6-9-5-3-8(7)10-4-1;1-2-6-7(9-3-1)10-5-4-8-6;2*1-2-6-7(8-3-1)9-4-5-10-6/h3,5-6,10H,1-2,4H2;1-3,8H,4-5H2,(H,9,10);2*1-3H,4-5H2,(H,8,9). The molecular formula is C29H35N9OS. The number of thioether (sulfide) groups is 1. The van der Waals surface area contributed by atoms with Crippen molar-refractivity contribution in [3.05, 3.63) is 79.0 Å². The molecule has 4 aromatic heterocycles. The topological polar surface area (TPSA) is 121 Å². The lowest BCUT2D eigenvalue weighted by atomic mass is 10.1. The lowest BCUT2D eigenvalue weighted by Gasteiger charge is -2.17. The second-order valence-corrected chi connectivity index (χ2v) is 10.2. The van der Waals surface area contributed by atoms with Gasteiger partial charge in [-0.3, -0.25) is 4.98 Å². The smallest absolute Gasteiger partial charge is 0.168 e. The Morgan fingerprint density at radius 3 is 2.25 bits per heavy atom. The summed E-state index contributed by atoms with van der Waals surface area (Å²) >= 11 is 1.86. The first-order valence-corrected chi connectivity index (χ1v) is 14.6. The molecule has 0 radical (unpaired) electrons. The average molecular weight is 558 g/mol. The Labute approximate surface area is 239 Å². The first-order chi connectivity index (χ1) is 19.9. The third-order valence-corrected chi connectivity index (χ3v) is 7.28. The van der Waals surface area contributed by atoms with Crippen LogP contribution in [-0.4, -0.2) is 65.0 Å². The van der Waals surface area contributed by atoms with Crippen molar-refractivity contribution in [3.8, 4) is 5.75 Å². The van der Waals surface area contributed by atoms with E-state index in [0.717, 1.165) is 74.0 Å². The van der Waals surface area contributed by atoms with Crippen molar-refractivity contribution in [2.24, 2.45) is 0 Å². The molecule has 40 heavy (non-hydrogen) atoms. The molecule has 8 rings (SSSR count). The van der Waals surface area contributed by atoms with E-state index < -0.39 is 0 Å². The summed E-state index contributed by atoms with van der Waals surface area (Å²) in [7, 11) is 0. The zero-order valence-electron chi connectivity index (χ0n) is 22.4. The maximum atomic E-state index is 5.30. The van der Waals surface area contributed by atoms with E-state index in [1.54, 1.807) is 12.4 Å². The minimum Gasteiger partial charge on any atom is -0.488 e. The van der Waals surface area contributed by atoms with Gasteiger partial charge in [-0.25, -0.2) is 15.0 Å². The second kappa shape index (κ2) is 14.8. The van der Waals surface area contributed by atoms with Gasteiger partial charge >= 0.3 is 0 Å². The molecule has 8 heterocycles. The number of pyridine rings is 4. The number of aryl methyl sites for hydroxylation is 1. The molecule has 4 aliphatic heterocycles. The molecule has 11 heteroatoms. The van der Waals surface area contributed by atoms with Crippen LogP contribution in [0.25, 0.3) is 0 Å². The summed E-state index contributed by atoms with van der Waals surface area (Å²) in [4.78, 5) is 17.7. The highest BCUT2D eigenvalue weighted by atomic mass is 32.2. The van der Waals surface area contributed by atoms with Crippen molar-refractivity contribution in [1.82, 2.24) is 19.9 Å². The van der Waals surface area contributed by atoms with Gasteiger partial charge in [0, 0.05) is 73.5 Å². The fraction of sp³-hybridized carbons (Fsp3) is 0.310. The Morgan fingerprint density at radius 1 is 0.650 bits per heavy atom. The summed E-state index contributed by atoms with van der Waals surface area (Å²) in [6.07, 6.45) is 11.5. The maximum Gasteiger partial charge on any atom is 0.168 e. The Balaban J connectivity index is 0.000000108. The minimum atomic E-state index is 0.735. The molecule has 0 saturated heterocycles. The highest BCUT2D eigenvalue weighted by Crippen LogP contribution is 2.27. The highest BCUT2D eigenvalue weighted by molar-refractivity contribution is 7.99. The number of hydrogen-bond acceptors (Lipinski definition) is 11. The van der Waals surface area contributed by atoms with E-state index >= 15 is 0 Å². The number of nitrogens with one attached hydrogen (secondary N) is 5. The normalized spacial score (nSPS) is 15.2. The van der Waals surface area contributed by atoms with E-state index in [4.69, 9.17) is 4.74 Å². The quantitative estimate of drug-likeness (QED) is 0.204. The van der Waals surface area contributed by atoms with Crippen molar-refractivity contribution in [2.45, 2.75) is 17.7 Å². The van der Waals surface area contributed by atoms with Gasteiger partial charge in [0.05, 0.1) is 12.2 Å². The van der Waals surface area contributed by atoms with Crippen LogP contribution < -0.4 is 31.3 Å². The van der Waals surface area contributed by atoms with Crippen LogP contribution in [0.5, 0.6) is 5.75 Å². The van der Waals surface area contributed by atoms with Gasteiger partial charge in [0.25, 0.3) is 0 Å². The molecular weight excluding hydrogens is 522 g/mol. The molecule has 0 saturated carbocycles. The lowest BCUT2D eigenvalue weighted by Crippen LogP contribution is -2.21. The van der Waals surface area contributed by atoms with Gasteiger partial charge < -0.3 is 31.3 Å². The average Bonchev–Trinajstić information content (AvgIpc) is 3.06. The molecule has 0 atom stereocenters. The zero-order chi connectivity index (χ0) is 27.2. The van der Waals surface area contributed by atoms with Gasteiger partial charge in [-0.1, -0.05) is 0 Å². The molecule has 0 aliphatic carbocycles. The van der Waals surface area contributed by atoms with Crippen molar-refractivity contribution in [1.29, 1.82) is 0 Å². The molecule has 0 amide bonds. The van der Waals surface area contributed by atoms with Gasteiger partial charge in [-0.05, 0) is 60.9 Å². The third kappa shape index (κ3) is 7.89. The lowest BCUT2D eigenvalue weighted by molar-refractivity contribution is 0.321. The van der Waals surface area contributed by atoms with E-state index in [1.807, 2.05) is 66.8 Å². The fourth-order valence-corrected chi connectivity index (χ4v) is 5.17. The number of rotatable bonds is 0. The summed E-state index contributed by atoms with van der Waals surface area (Å²) in [5.41, 5.74) is 3.73. The molecule has 10 nitrogen and oxygen atoms in total. The monoisotopic (exact) mass is 557 g/mol. The minimum absolute atomic E-state index is 0.735. The van der Waals surface area contributed by atoms with E-state index in [2.05, 4.69) is 52.6 Å². The highest BCUT2D eigenvalue weighted by Gasteiger charge is 2.09. The van der Waals surface area contributed by atoms with Crippen molar-refractivity contribution < 1.29 is 4.74 Å². The largest absolute Gasteiger partial charge is 0.488 e. The van der Waals surface area contributed by atoms with Crippen molar-refractivity contribution >= 4 is 40.6 Å². The number of ether oxygens (including phenoxy) is 1. The molecule has 0 unspecified atom stereocenters. The fourth-order valence-electron chi connectivity index (χ4n) is 4.31. The second-order valence-electron chi connectivity index (χ2n) is 9.07. The van der Waals surface area contributed by atoms with Crippen molar-refractivity contribution in [3.63, 3.8) is 0 Å². The predicted octanol–water partition coefficient (Wildman–Crippen LogP) is 4.84. The number of nitrogens with zero attached hydrogens (tertiary/aromatic N) is 4. The summed E-state index contributed by atoms with van der Waals surface area (Å²) in [6, 6.07) is 13.8. The first-order valence-electron chi connectivity index (χ1n) is 13.6. The Kier molecular flexibility index (Phi) is 10.1. The van der Waals surface area contributed by atoms with Crippen LogP contribution in [0, 0.1) is 0 Å². The van der Waals surface area contributed by atoms with Gasteiger partial charge in [0.15, 0.2) is 11.6 Å². The number of hydrogen-bond donors (Lipinski definition) is 5. The molecule has 208 valence electrons. The van der Waals surface area contributed by atoms with Gasteiger partial charge in [-0.15, -0.1) is 11.8 Å². The summed E-state index contributed by atoms with van der Waals surface area (Å²) in [5.74, 6) is 4.87. The van der Waals surface area contributed by atoms with Gasteiger partial charge in [0.2, 0.25) is 0 Å². The number of aromatic nitrogens is 4.